The summed E-state index contributed by atoms with van der Waals surface area (Å²) >= 11 is 0. The molecule has 158 valence electrons. The molecule has 3 N–H and O–H groups in total. The molecular weight excluding hydrogens is 484 g/mol. The molecule has 8 heteroatoms. The van der Waals surface area contributed by atoms with Gasteiger partial charge in [0.1, 0.15) is 11.6 Å². The minimum Gasteiger partial charge on any atom is -0.357 e. The minimum atomic E-state index is -0.219. The molecule has 6 nitrogen and oxygen atoms in total. The van der Waals surface area contributed by atoms with Gasteiger partial charge in [-0.05, 0) is 62.6 Å². The zero-order valence-electron chi connectivity index (χ0n) is 17.1. The molecule has 0 aliphatic rings. The number of aromatic nitrogens is 1. The van der Waals surface area contributed by atoms with Crippen LogP contribution < -0.4 is 16.0 Å². The standard InChI is InChI=1S/C21H28FN5O.HI/c1-4-23-21(24-12-10-17-8-9-18(22)14-15(17)2)25-13-11-20(28)27-19-7-5-6-16(3)26-19;/h5-9,14H,4,10-13H2,1-3H3,(H2,23,24,25)(H,26,27,28);1H. The smallest absolute Gasteiger partial charge is 0.227 e. The molecule has 0 fully saturated rings. The third kappa shape index (κ3) is 9.21. The number of aryl methyl sites for hydroxylation is 2. The van der Waals surface area contributed by atoms with E-state index in [0.29, 0.717) is 24.9 Å². The van der Waals surface area contributed by atoms with E-state index in [1.807, 2.05) is 32.9 Å². The molecule has 0 spiro atoms. The van der Waals surface area contributed by atoms with Gasteiger partial charge < -0.3 is 16.0 Å². The molecular formula is C21H29FIN5O. The van der Waals surface area contributed by atoms with Gasteiger partial charge in [0, 0.05) is 25.2 Å². The Morgan fingerprint density at radius 3 is 2.66 bits per heavy atom. The largest absolute Gasteiger partial charge is 0.357 e. The van der Waals surface area contributed by atoms with Crippen molar-refractivity contribution < 1.29 is 9.18 Å². The average molecular weight is 513 g/mol. The van der Waals surface area contributed by atoms with Crippen LogP contribution in [-0.2, 0) is 11.2 Å². The average Bonchev–Trinajstić information content (AvgIpc) is 2.63. The van der Waals surface area contributed by atoms with Gasteiger partial charge in [0.25, 0.3) is 0 Å². The van der Waals surface area contributed by atoms with Crippen LogP contribution >= 0.6 is 24.0 Å². The topological polar surface area (TPSA) is 78.4 Å². The zero-order chi connectivity index (χ0) is 20.4. The van der Waals surface area contributed by atoms with Gasteiger partial charge in [0.05, 0.1) is 6.54 Å². The molecule has 0 aliphatic heterocycles. The van der Waals surface area contributed by atoms with Crippen molar-refractivity contribution in [2.75, 3.05) is 25.0 Å². The summed E-state index contributed by atoms with van der Waals surface area (Å²) in [6, 6.07) is 10.3. The van der Waals surface area contributed by atoms with Crippen molar-refractivity contribution in [3.8, 4) is 0 Å². The normalized spacial score (nSPS) is 10.8. The Morgan fingerprint density at radius 1 is 1.17 bits per heavy atom. The summed E-state index contributed by atoms with van der Waals surface area (Å²) in [7, 11) is 0. The molecule has 1 aromatic carbocycles. The van der Waals surface area contributed by atoms with E-state index < -0.39 is 0 Å². The number of hydrogen-bond donors (Lipinski definition) is 3. The molecule has 2 rings (SSSR count). The summed E-state index contributed by atoms with van der Waals surface area (Å²) in [6.45, 7) is 7.51. The van der Waals surface area contributed by atoms with E-state index in [9.17, 15) is 9.18 Å². The molecule has 0 radical (unpaired) electrons. The number of guanidine groups is 1. The number of amides is 1. The predicted molar refractivity (Wildman–Crippen MR) is 126 cm³/mol. The van der Waals surface area contributed by atoms with E-state index >= 15 is 0 Å². The van der Waals surface area contributed by atoms with Crippen LogP contribution in [-0.4, -0.2) is 36.5 Å². The summed E-state index contributed by atoms with van der Waals surface area (Å²) in [5.41, 5.74) is 2.88. The number of nitrogens with zero attached hydrogens (tertiary/aromatic N) is 2. The number of hydrogen-bond acceptors (Lipinski definition) is 3. The van der Waals surface area contributed by atoms with Crippen LogP contribution in [0.15, 0.2) is 41.4 Å². The Labute approximate surface area is 188 Å². The Bertz CT molecular complexity index is 828. The summed E-state index contributed by atoms with van der Waals surface area (Å²) in [4.78, 5) is 20.7. The molecule has 1 heterocycles. The number of benzene rings is 1. The zero-order valence-corrected chi connectivity index (χ0v) is 19.4. The first-order valence-corrected chi connectivity index (χ1v) is 9.48. The van der Waals surface area contributed by atoms with Crippen molar-refractivity contribution in [1.29, 1.82) is 0 Å². The SMILES string of the molecule is CCNC(=NCCC(=O)Nc1cccc(C)n1)NCCc1ccc(F)cc1C.I. The molecule has 2 aromatic rings. The highest BCUT2D eigenvalue weighted by Crippen LogP contribution is 2.10. The molecule has 0 aliphatic carbocycles. The number of carbonyl (C=O) groups excluding carboxylic acids is 1. The second-order valence-electron chi connectivity index (χ2n) is 6.47. The number of rotatable bonds is 8. The van der Waals surface area contributed by atoms with Gasteiger partial charge in [-0.3, -0.25) is 9.79 Å². The van der Waals surface area contributed by atoms with Gasteiger partial charge in [-0.2, -0.15) is 0 Å². The fourth-order valence-corrected chi connectivity index (χ4v) is 2.68. The van der Waals surface area contributed by atoms with Crippen molar-refractivity contribution in [3.63, 3.8) is 0 Å². The fraction of sp³-hybridized carbons (Fsp3) is 0.381. The number of halogens is 2. The Kier molecular flexibility index (Phi) is 11.2. The Balaban J connectivity index is 0.00000420. The summed E-state index contributed by atoms with van der Waals surface area (Å²) < 4.78 is 13.2. The van der Waals surface area contributed by atoms with Crippen LogP contribution in [0.3, 0.4) is 0 Å². The van der Waals surface area contributed by atoms with Gasteiger partial charge in [0.15, 0.2) is 5.96 Å². The fourth-order valence-electron chi connectivity index (χ4n) is 2.68. The molecule has 0 unspecified atom stereocenters. The third-order valence-electron chi connectivity index (χ3n) is 4.10. The van der Waals surface area contributed by atoms with Crippen LogP contribution in [0.1, 0.15) is 30.2 Å². The van der Waals surface area contributed by atoms with E-state index in [1.165, 1.54) is 12.1 Å². The van der Waals surface area contributed by atoms with Gasteiger partial charge in [-0.25, -0.2) is 9.37 Å². The molecule has 29 heavy (non-hydrogen) atoms. The van der Waals surface area contributed by atoms with Gasteiger partial charge in [0.2, 0.25) is 5.91 Å². The monoisotopic (exact) mass is 513 g/mol. The maximum Gasteiger partial charge on any atom is 0.227 e. The second-order valence-corrected chi connectivity index (χ2v) is 6.47. The van der Waals surface area contributed by atoms with Crippen molar-refractivity contribution in [2.45, 2.75) is 33.6 Å². The van der Waals surface area contributed by atoms with E-state index in [0.717, 1.165) is 29.8 Å². The van der Waals surface area contributed by atoms with E-state index in [-0.39, 0.29) is 42.1 Å². The first-order valence-electron chi connectivity index (χ1n) is 9.48. The van der Waals surface area contributed by atoms with Crippen LogP contribution in [0.5, 0.6) is 0 Å². The Morgan fingerprint density at radius 2 is 1.97 bits per heavy atom. The number of pyridine rings is 1. The highest BCUT2D eigenvalue weighted by molar-refractivity contribution is 14.0. The quantitative estimate of drug-likeness (QED) is 0.287. The van der Waals surface area contributed by atoms with Gasteiger partial charge >= 0.3 is 0 Å². The van der Waals surface area contributed by atoms with Crippen LogP contribution in [0.25, 0.3) is 0 Å². The first kappa shape index (κ1) is 24.8. The molecule has 0 saturated heterocycles. The van der Waals surface area contributed by atoms with E-state index in [2.05, 4.69) is 25.9 Å². The highest BCUT2D eigenvalue weighted by Gasteiger charge is 2.05. The number of nitrogens with one attached hydrogen (secondary N) is 3. The van der Waals surface area contributed by atoms with E-state index in [1.54, 1.807) is 12.1 Å². The summed E-state index contributed by atoms with van der Waals surface area (Å²) in [6.07, 6.45) is 1.03. The lowest BCUT2D eigenvalue weighted by atomic mass is 10.1. The number of anilines is 1. The summed E-state index contributed by atoms with van der Waals surface area (Å²) in [5.74, 6) is 0.861. The molecule has 1 amide bonds. The number of carbonyl (C=O) groups is 1. The molecule has 0 bridgehead atoms. The van der Waals surface area contributed by atoms with Gasteiger partial charge in [-0.15, -0.1) is 24.0 Å². The first-order chi connectivity index (χ1) is 13.5. The number of aliphatic imine (C=N–C) groups is 1. The maximum absolute atomic E-state index is 13.2. The lowest BCUT2D eigenvalue weighted by Crippen LogP contribution is -2.38. The van der Waals surface area contributed by atoms with E-state index in [4.69, 9.17) is 0 Å². The molecule has 0 atom stereocenters. The Hall–Kier alpha value is -2.23. The predicted octanol–water partition coefficient (Wildman–Crippen LogP) is 3.58. The van der Waals surface area contributed by atoms with Crippen molar-refractivity contribution >= 4 is 41.7 Å². The lowest BCUT2D eigenvalue weighted by molar-refractivity contribution is -0.116. The van der Waals surface area contributed by atoms with Crippen LogP contribution in [0.4, 0.5) is 10.2 Å². The van der Waals surface area contributed by atoms with Gasteiger partial charge in [-0.1, -0.05) is 12.1 Å². The van der Waals surface area contributed by atoms with Crippen molar-refractivity contribution in [1.82, 2.24) is 15.6 Å². The second kappa shape index (κ2) is 13.1. The molecule has 0 saturated carbocycles. The highest BCUT2D eigenvalue weighted by atomic mass is 127. The van der Waals surface area contributed by atoms with Crippen LogP contribution in [0.2, 0.25) is 0 Å². The lowest BCUT2D eigenvalue weighted by Gasteiger charge is -2.12. The van der Waals surface area contributed by atoms with Crippen molar-refractivity contribution in [2.24, 2.45) is 4.99 Å². The van der Waals surface area contributed by atoms with Crippen LogP contribution in [0, 0.1) is 19.7 Å². The molecule has 1 aromatic heterocycles. The third-order valence-corrected chi connectivity index (χ3v) is 4.10. The maximum atomic E-state index is 13.2. The summed E-state index contributed by atoms with van der Waals surface area (Å²) in [5, 5.41) is 9.17. The minimum absolute atomic E-state index is 0. The van der Waals surface area contributed by atoms with Crippen molar-refractivity contribution in [3.05, 3.63) is 59.0 Å².